The predicted molar refractivity (Wildman–Crippen MR) is 129 cm³/mol. The Morgan fingerprint density at radius 3 is 2.55 bits per heavy atom. The van der Waals surface area contributed by atoms with Crippen LogP contribution in [-0.4, -0.2) is 23.1 Å². The summed E-state index contributed by atoms with van der Waals surface area (Å²) in [5, 5.41) is 0. The zero-order valence-electron chi connectivity index (χ0n) is 19.7. The molecule has 3 unspecified atom stereocenters. The van der Waals surface area contributed by atoms with E-state index in [1.807, 2.05) is 6.07 Å². The molecule has 4 nitrogen and oxygen atoms in total. The van der Waals surface area contributed by atoms with Gasteiger partial charge in [-0.3, -0.25) is 19.2 Å². The predicted octanol–water partition coefficient (Wildman–Crippen LogP) is 5.50. The number of carbonyl (C=O) groups excluding carboxylic acids is 4. The molecule has 0 N–H and O–H groups in total. The van der Waals surface area contributed by atoms with Gasteiger partial charge in [-0.1, -0.05) is 62.8 Å². The van der Waals surface area contributed by atoms with E-state index in [1.165, 1.54) is 5.57 Å². The smallest absolute Gasteiger partial charge is 0.229 e. The summed E-state index contributed by atoms with van der Waals surface area (Å²) in [6.45, 7) is 5.61. The third kappa shape index (κ3) is 4.90. The first-order chi connectivity index (χ1) is 15.7. The van der Waals surface area contributed by atoms with Gasteiger partial charge in [0, 0.05) is 35.3 Å². The van der Waals surface area contributed by atoms with Crippen LogP contribution in [0.25, 0.3) is 5.57 Å². The number of fused-ring (bicyclic) bond motifs is 1. The molecule has 3 aliphatic rings. The Bertz CT molecular complexity index is 1100. The summed E-state index contributed by atoms with van der Waals surface area (Å²) in [4.78, 5) is 51.0. The minimum atomic E-state index is -0.482. The van der Waals surface area contributed by atoms with Crippen LogP contribution in [-0.2, 0) is 20.8 Å². The Balaban J connectivity index is 1.44. The average molecular weight is 445 g/mol. The molecule has 1 saturated carbocycles. The first kappa shape index (κ1) is 23.3. The van der Waals surface area contributed by atoms with Crippen molar-refractivity contribution in [1.29, 1.82) is 0 Å². The standard InChI is InChI=1S/C29H32O4/c1-17(2)27(31)29(33)24-13-12-20-8-10-22(15-25(20)24)28(32)23-11-9-21(26(30)16-23)14-19-6-4-18(3)5-7-19/h4,6-8,10,13,15,17-18,21,23H,5,9,11-12,14,16H2,1-3H3. The fraction of sp³-hybridized carbons (Fsp3) is 0.448. The van der Waals surface area contributed by atoms with Gasteiger partial charge in [-0.05, 0) is 55.2 Å². The normalized spacial score (nSPS) is 24.4. The largest absolute Gasteiger partial charge is 0.299 e. The Morgan fingerprint density at radius 1 is 1.09 bits per heavy atom. The van der Waals surface area contributed by atoms with E-state index in [9.17, 15) is 19.2 Å². The highest BCUT2D eigenvalue weighted by atomic mass is 16.2. The maximum atomic E-state index is 13.3. The van der Waals surface area contributed by atoms with Gasteiger partial charge in [0.15, 0.2) is 5.78 Å². The monoisotopic (exact) mass is 444 g/mol. The lowest BCUT2D eigenvalue weighted by molar-refractivity contribution is -0.135. The van der Waals surface area contributed by atoms with Gasteiger partial charge in [0.05, 0.1) is 0 Å². The lowest BCUT2D eigenvalue weighted by Gasteiger charge is -2.27. The average Bonchev–Trinajstić information content (AvgIpc) is 3.23. The molecular formula is C29H32O4. The summed E-state index contributed by atoms with van der Waals surface area (Å²) in [5.74, 6) is -0.888. The SMILES string of the molecule is CC1C=CC(CC2CCC(C(=O)c3ccc4c(c3)C(C(=O)C(=O)C(C)C)=CC4)CC2=O)=CC1. The number of Topliss-reactive ketones (excluding diaryl/α,β-unsaturated/α-hetero) is 4. The third-order valence-electron chi connectivity index (χ3n) is 7.21. The quantitative estimate of drug-likeness (QED) is 0.411. The molecule has 172 valence electrons. The Labute approximate surface area is 195 Å². The highest BCUT2D eigenvalue weighted by Crippen LogP contribution is 2.35. The van der Waals surface area contributed by atoms with Crippen molar-refractivity contribution in [3.63, 3.8) is 0 Å². The van der Waals surface area contributed by atoms with Gasteiger partial charge < -0.3 is 0 Å². The van der Waals surface area contributed by atoms with Gasteiger partial charge in [0.2, 0.25) is 11.6 Å². The van der Waals surface area contributed by atoms with Crippen molar-refractivity contribution in [1.82, 2.24) is 0 Å². The van der Waals surface area contributed by atoms with Crippen LogP contribution in [0.1, 0.15) is 74.4 Å². The fourth-order valence-electron chi connectivity index (χ4n) is 5.05. The van der Waals surface area contributed by atoms with E-state index >= 15 is 0 Å². The van der Waals surface area contributed by atoms with Crippen LogP contribution >= 0.6 is 0 Å². The van der Waals surface area contributed by atoms with Gasteiger partial charge in [-0.25, -0.2) is 0 Å². The summed E-state index contributed by atoms with van der Waals surface area (Å²) in [6.07, 6.45) is 12.4. The molecule has 0 bridgehead atoms. The van der Waals surface area contributed by atoms with Crippen LogP contribution < -0.4 is 0 Å². The molecule has 4 rings (SSSR count). The van der Waals surface area contributed by atoms with Gasteiger partial charge >= 0.3 is 0 Å². The van der Waals surface area contributed by atoms with E-state index in [2.05, 4.69) is 25.2 Å². The molecule has 0 aromatic heterocycles. The van der Waals surface area contributed by atoms with Crippen molar-refractivity contribution in [3.8, 4) is 0 Å². The van der Waals surface area contributed by atoms with Gasteiger partial charge in [0.1, 0.15) is 5.78 Å². The van der Waals surface area contributed by atoms with E-state index in [0.717, 1.165) is 24.8 Å². The van der Waals surface area contributed by atoms with Crippen molar-refractivity contribution in [3.05, 3.63) is 64.8 Å². The maximum Gasteiger partial charge on any atom is 0.229 e. The van der Waals surface area contributed by atoms with E-state index in [-0.39, 0.29) is 35.7 Å². The number of allylic oxidation sites excluding steroid dienone is 6. The number of hydrogen-bond acceptors (Lipinski definition) is 4. The van der Waals surface area contributed by atoms with Crippen LogP contribution in [0.5, 0.6) is 0 Å². The summed E-state index contributed by atoms with van der Waals surface area (Å²) in [7, 11) is 0. The summed E-state index contributed by atoms with van der Waals surface area (Å²) >= 11 is 0. The van der Waals surface area contributed by atoms with Crippen LogP contribution in [0, 0.1) is 23.7 Å². The lowest BCUT2D eigenvalue weighted by atomic mass is 9.75. The molecule has 1 aromatic rings. The molecule has 3 atom stereocenters. The van der Waals surface area contributed by atoms with E-state index in [1.54, 1.807) is 32.1 Å². The van der Waals surface area contributed by atoms with Crippen molar-refractivity contribution in [2.45, 2.75) is 59.3 Å². The van der Waals surface area contributed by atoms with Gasteiger partial charge in [-0.2, -0.15) is 0 Å². The Morgan fingerprint density at radius 2 is 1.88 bits per heavy atom. The maximum absolute atomic E-state index is 13.3. The highest BCUT2D eigenvalue weighted by molar-refractivity contribution is 6.54. The summed E-state index contributed by atoms with van der Waals surface area (Å²) in [5.41, 5.74) is 3.80. The molecule has 1 fully saturated rings. The van der Waals surface area contributed by atoms with E-state index in [4.69, 9.17) is 0 Å². The Kier molecular flexibility index (Phi) is 6.73. The molecule has 0 amide bonds. The topological polar surface area (TPSA) is 68.3 Å². The van der Waals surface area contributed by atoms with Crippen molar-refractivity contribution in [2.24, 2.45) is 23.7 Å². The molecule has 0 saturated heterocycles. The number of rotatable bonds is 7. The Hall–Kier alpha value is -2.88. The second-order valence-corrected chi connectivity index (χ2v) is 10.1. The van der Waals surface area contributed by atoms with Gasteiger partial charge in [-0.15, -0.1) is 0 Å². The molecule has 33 heavy (non-hydrogen) atoms. The van der Waals surface area contributed by atoms with E-state index in [0.29, 0.717) is 35.5 Å². The second-order valence-electron chi connectivity index (χ2n) is 10.1. The molecule has 0 spiro atoms. The van der Waals surface area contributed by atoms with Crippen LogP contribution in [0.2, 0.25) is 0 Å². The lowest BCUT2D eigenvalue weighted by Crippen LogP contribution is -2.30. The molecule has 3 aliphatic carbocycles. The molecule has 0 heterocycles. The summed E-state index contributed by atoms with van der Waals surface area (Å²) in [6, 6.07) is 5.41. The first-order valence-electron chi connectivity index (χ1n) is 12.1. The molecule has 0 aliphatic heterocycles. The number of hydrogen-bond donors (Lipinski definition) is 0. The van der Waals surface area contributed by atoms with Crippen molar-refractivity contribution >= 4 is 28.7 Å². The molecule has 0 radical (unpaired) electrons. The molecule has 4 heteroatoms. The van der Waals surface area contributed by atoms with Crippen LogP contribution in [0.4, 0.5) is 0 Å². The van der Waals surface area contributed by atoms with Crippen molar-refractivity contribution < 1.29 is 19.2 Å². The zero-order chi connectivity index (χ0) is 23.7. The number of ketones is 4. The number of benzene rings is 1. The van der Waals surface area contributed by atoms with Gasteiger partial charge in [0.25, 0.3) is 0 Å². The minimum absolute atomic E-state index is 0.00687. The van der Waals surface area contributed by atoms with Crippen LogP contribution in [0.15, 0.2) is 48.1 Å². The third-order valence-corrected chi connectivity index (χ3v) is 7.21. The fourth-order valence-corrected chi connectivity index (χ4v) is 5.05. The molecule has 1 aromatic carbocycles. The molecular weight excluding hydrogens is 412 g/mol. The highest BCUT2D eigenvalue weighted by Gasteiger charge is 2.34. The summed E-state index contributed by atoms with van der Waals surface area (Å²) < 4.78 is 0. The van der Waals surface area contributed by atoms with E-state index < -0.39 is 11.6 Å². The minimum Gasteiger partial charge on any atom is -0.299 e. The first-order valence-corrected chi connectivity index (χ1v) is 12.1. The van der Waals surface area contributed by atoms with Crippen LogP contribution in [0.3, 0.4) is 0 Å². The second kappa shape index (κ2) is 9.54. The zero-order valence-corrected chi connectivity index (χ0v) is 19.7. The van der Waals surface area contributed by atoms with Crippen molar-refractivity contribution in [2.75, 3.05) is 0 Å². The number of carbonyl (C=O) groups is 4.